The van der Waals surface area contributed by atoms with E-state index in [0.29, 0.717) is 28.2 Å². The van der Waals surface area contributed by atoms with Crippen LogP contribution in [0.1, 0.15) is 65.2 Å². The van der Waals surface area contributed by atoms with E-state index in [0.717, 1.165) is 19.1 Å². The highest BCUT2D eigenvalue weighted by Gasteiger charge is 2.62. The molecule has 2 nitrogen and oxygen atoms in total. The number of rotatable bonds is 2. The van der Waals surface area contributed by atoms with Crippen molar-refractivity contribution in [3.63, 3.8) is 0 Å². The monoisotopic (exact) mass is 277 g/mol. The normalized spacial score (nSPS) is 53.2. The molecule has 0 aromatic carbocycles. The van der Waals surface area contributed by atoms with Crippen LogP contribution in [0.25, 0.3) is 0 Å². The summed E-state index contributed by atoms with van der Waals surface area (Å²) in [4.78, 5) is 0. The van der Waals surface area contributed by atoms with Gasteiger partial charge in [-0.15, -0.1) is 0 Å². The lowest BCUT2D eigenvalue weighted by atomic mass is 9.38. The first-order chi connectivity index (χ1) is 9.42. The van der Waals surface area contributed by atoms with Crippen LogP contribution in [0.4, 0.5) is 0 Å². The molecule has 4 aliphatic carbocycles. The van der Waals surface area contributed by atoms with E-state index >= 15 is 0 Å². The quantitative estimate of drug-likeness (QED) is 0.834. The molecule has 3 atom stereocenters. The summed E-state index contributed by atoms with van der Waals surface area (Å²) in [6.07, 6.45) is 11.0. The van der Waals surface area contributed by atoms with Gasteiger partial charge in [0.1, 0.15) is 0 Å². The van der Waals surface area contributed by atoms with Gasteiger partial charge in [-0.1, -0.05) is 13.8 Å². The van der Waals surface area contributed by atoms with Crippen LogP contribution in [0, 0.1) is 28.1 Å². The summed E-state index contributed by atoms with van der Waals surface area (Å²) in [6, 6.07) is 0.424. The van der Waals surface area contributed by atoms with E-state index in [1.54, 1.807) is 0 Å². The van der Waals surface area contributed by atoms with Gasteiger partial charge in [0.15, 0.2) is 0 Å². The minimum Gasteiger partial charge on any atom is -0.381 e. The molecule has 0 radical (unpaired) electrons. The molecular weight excluding hydrogens is 246 g/mol. The third-order valence-electron chi connectivity index (χ3n) is 7.15. The lowest BCUT2D eigenvalue weighted by Crippen LogP contribution is -2.62. The van der Waals surface area contributed by atoms with Crippen molar-refractivity contribution in [1.82, 2.24) is 0 Å². The molecule has 114 valence electrons. The topological polar surface area (TPSA) is 35.2 Å². The maximum absolute atomic E-state index is 6.91. The molecule has 20 heavy (non-hydrogen) atoms. The minimum atomic E-state index is 0.424. The lowest BCUT2D eigenvalue weighted by Gasteiger charge is -2.67. The Morgan fingerprint density at radius 3 is 2.10 bits per heavy atom. The zero-order valence-electron chi connectivity index (χ0n) is 13.3. The molecule has 0 aromatic heterocycles. The van der Waals surface area contributed by atoms with Gasteiger partial charge in [0.2, 0.25) is 0 Å². The summed E-state index contributed by atoms with van der Waals surface area (Å²) in [5.41, 5.74) is 8.56. The molecule has 0 aromatic rings. The van der Waals surface area contributed by atoms with Gasteiger partial charge >= 0.3 is 0 Å². The zero-order valence-corrected chi connectivity index (χ0v) is 13.3. The van der Waals surface area contributed by atoms with Crippen molar-refractivity contribution in [1.29, 1.82) is 0 Å². The Morgan fingerprint density at radius 2 is 1.55 bits per heavy atom. The van der Waals surface area contributed by atoms with Gasteiger partial charge in [-0.25, -0.2) is 0 Å². The summed E-state index contributed by atoms with van der Waals surface area (Å²) in [6.45, 7) is 6.99. The van der Waals surface area contributed by atoms with Crippen LogP contribution in [0.3, 0.4) is 0 Å². The van der Waals surface area contributed by atoms with Gasteiger partial charge in [0.25, 0.3) is 0 Å². The van der Waals surface area contributed by atoms with Crippen LogP contribution >= 0.6 is 0 Å². The fourth-order valence-electron chi connectivity index (χ4n) is 7.48. The van der Waals surface area contributed by atoms with Crippen molar-refractivity contribution in [2.24, 2.45) is 33.8 Å². The van der Waals surface area contributed by atoms with E-state index in [1.165, 1.54) is 51.4 Å². The van der Waals surface area contributed by atoms with E-state index in [-0.39, 0.29) is 0 Å². The average Bonchev–Trinajstić information content (AvgIpc) is 2.34. The van der Waals surface area contributed by atoms with Crippen LogP contribution < -0.4 is 5.73 Å². The molecule has 5 aliphatic rings. The standard InChI is InChI=1S/C18H31NO/c1-16-7-13-8-17(2,10-16)12-18(9-13,11-16)15(19)14-3-5-20-6-4-14/h13-15H,3-12,19H2,1-2H3. The number of nitrogens with two attached hydrogens (primary N) is 1. The molecule has 1 saturated heterocycles. The molecule has 2 heteroatoms. The summed E-state index contributed by atoms with van der Waals surface area (Å²) >= 11 is 0. The van der Waals surface area contributed by atoms with Crippen LogP contribution in [-0.4, -0.2) is 19.3 Å². The summed E-state index contributed by atoms with van der Waals surface area (Å²) in [5, 5.41) is 0. The van der Waals surface area contributed by atoms with Crippen LogP contribution in [0.15, 0.2) is 0 Å². The molecule has 1 heterocycles. The Hall–Kier alpha value is -0.0800. The van der Waals surface area contributed by atoms with E-state index in [2.05, 4.69) is 13.8 Å². The fraction of sp³-hybridized carbons (Fsp3) is 1.00. The Labute approximate surface area is 123 Å². The summed E-state index contributed by atoms with van der Waals surface area (Å²) in [5.74, 6) is 1.68. The zero-order chi connectivity index (χ0) is 14.0. The lowest BCUT2D eigenvalue weighted by molar-refractivity contribution is -0.162. The third-order valence-corrected chi connectivity index (χ3v) is 7.15. The Kier molecular flexibility index (Phi) is 2.87. The van der Waals surface area contributed by atoms with Gasteiger partial charge in [0.05, 0.1) is 0 Å². The molecule has 2 N–H and O–H groups in total. The van der Waals surface area contributed by atoms with Crippen LogP contribution in [0.5, 0.6) is 0 Å². The van der Waals surface area contributed by atoms with Crippen molar-refractivity contribution in [2.75, 3.05) is 13.2 Å². The van der Waals surface area contributed by atoms with Crippen molar-refractivity contribution < 1.29 is 4.74 Å². The predicted molar refractivity (Wildman–Crippen MR) is 81.4 cm³/mol. The average molecular weight is 277 g/mol. The Bertz CT molecular complexity index is 382. The van der Waals surface area contributed by atoms with Crippen molar-refractivity contribution in [3.8, 4) is 0 Å². The first kappa shape index (κ1) is 13.6. The van der Waals surface area contributed by atoms with E-state index in [4.69, 9.17) is 10.5 Å². The largest absolute Gasteiger partial charge is 0.381 e. The number of hydrogen-bond acceptors (Lipinski definition) is 2. The van der Waals surface area contributed by atoms with Crippen molar-refractivity contribution in [2.45, 2.75) is 71.3 Å². The Balaban J connectivity index is 1.63. The van der Waals surface area contributed by atoms with Gasteiger partial charge in [-0.3, -0.25) is 0 Å². The van der Waals surface area contributed by atoms with E-state index < -0.39 is 0 Å². The highest BCUT2D eigenvalue weighted by molar-refractivity contribution is 5.13. The fourth-order valence-corrected chi connectivity index (χ4v) is 7.48. The second-order valence-corrected chi connectivity index (χ2v) is 9.47. The second-order valence-electron chi connectivity index (χ2n) is 9.47. The first-order valence-corrected chi connectivity index (χ1v) is 8.76. The number of ether oxygens (including phenoxy) is 1. The molecular formula is C18H31NO. The minimum absolute atomic E-state index is 0.424. The molecule has 1 aliphatic heterocycles. The third kappa shape index (κ3) is 1.98. The van der Waals surface area contributed by atoms with Crippen LogP contribution in [-0.2, 0) is 4.74 Å². The molecule has 5 fully saturated rings. The SMILES string of the molecule is CC12CC3CC(C)(C1)CC(C(N)C1CCOCC1)(C3)C2. The maximum Gasteiger partial charge on any atom is 0.0469 e. The first-order valence-electron chi connectivity index (χ1n) is 8.76. The van der Waals surface area contributed by atoms with Crippen molar-refractivity contribution in [3.05, 3.63) is 0 Å². The molecule has 3 unspecified atom stereocenters. The molecule has 4 saturated carbocycles. The number of hydrogen-bond donors (Lipinski definition) is 1. The van der Waals surface area contributed by atoms with Crippen molar-refractivity contribution >= 4 is 0 Å². The maximum atomic E-state index is 6.91. The predicted octanol–water partition coefficient (Wildman–Crippen LogP) is 3.74. The Morgan fingerprint density at radius 1 is 0.950 bits per heavy atom. The second kappa shape index (κ2) is 4.23. The summed E-state index contributed by atoms with van der Waals surface area (Å²) in [7, 11) is 0. The highest BCUT2D eigenvalue weighted by Crippen LogP contribution is 2.70. The molecule has 0 amide bonds. The van der Waals surface area contributed by atoms with Gasteiger partial charge in [0, 0.05) is 19.3 Å². The van der Waals surface area contributed by atoms with E-state index in [9.17, 15) is 0 Å². The molecule has 0 spiro atoms. The summed E-state index contributed by atoms with van der Waals surface area (Å²) < 4.78 is 5.55. The van der Waals surface area contributed by atoms with Gasteiger partial charge in [-0.05, 0) is 79.4 Å². The van der Waals surface area contributed by atoms with Gasteiger partial charge < -0.3 is 10.5 Å². The highest BCUT2D eigenvalue weighted by atomic mass is 16.5. The smallest absolute Gasteiger partial charge is 0.0469 e. The molecule has 5 rings (SSSR count). The van der Waals surface area contributed by atoms with Gasteiger partial charge in [-0.2, -0.15) is 0 Å². The molecule has 4 bridgehead atoms. The van der Waals surface area contributed by atoms with E-state index in [1.807, 2.05) is 0 Å². The van der Waals surface area contributed by atoms with Crippen LogP contribution in [0.2, 0.25) is 0 Å².